The van der Waals surface area contributed by atoms with E-state index >= 15 is 0 Å². The summed E-state index contributed by atoms with van der Waals surface area (Å²) in [5, 5.41) is 5.65. The highest BCUT2D eigenvalue weighted by Crippen LogP contribution is 2.32. The van der Waals surface area contributed by atoms with Crippen molar-refractivity contribution in [1.29, 1.82) is 0 Å². The summed E-state index contributed by atoms with van der Waals surface area (Å²) < 4.78 is 5.12. The highest BCUT2D eigenvalue weighted by Gasteiger charge is 2.42. The Hall–Kier alpha value is -3.32. The second-order valence-corrected chi connectivity index (χ2v) is 8.23. The Morgan fingerprint density at radius 1 is 1.00 bits per heavy atom. The second kappa shape index (κ2) is 9.44. The molecule has 0 bridgehead atoms. The number of halogens is 1. The standard InChI is InChI=1S/C24H24ClN3O4/c1-32-19-12-10-16(11-13-19)27-22(29)15-6-5-7-17(14-15)26-21-20(25)23(30)28(24(21)31)18-8-3-2-4-9-18/h5-7,10-14,18,26H,2-4,8-9H2,1H3,(H,27,29). The van der Waals surface area contributed by atoms with Gasteiger partial charge in [0.25, 0.3) is 17.7 Å². The zero-order chi connectivity index (χ0) is 22.7. The van der Waals surface area contributed by atoms with Gasteiger partial charge in [-0.05, 0) is 55.3 Å². The number of hydrogen-bond donors (Lipinski definition) is 2. The van der Waals surface area contributed by atoms with Gasteiger partial charge in [-0.25, -0.2) is 0 Å². The van der Waals surface area contributed by atoms with Gasteiger partial charge in [-0.1, -0.05) is 36.9 Å². The van der Waals surface area contributed by atoms with Crippen LogP contribution < -0.4 is 15.4 Å². The second-order valence-electron chi connectivity index (χ2n) is 7.85. The van der Waals surface area contributed by atoms with Crippen LogP contribution in [0.25, 0.3) is 0 Å². The maximum atomic E-state index is 13.0. The van der Waals surface area contributed by atoms with Crippen LogP contribution in [0.5, 0.6) is 5.75 Å². The van der Waals surface area contributed by atoms with Gasteiger partial charge >= 0.3 is 0 Å². The topological polar surface area (TPSA) is 87.7 Å². The first-order valence-electron chi connectivity index (χ1n) is 10.6. The molecule has 2 aliphatic rings. The molecule has 0 spiro atoms. The third-order valence-electron chi connectivity index (χ3n) is 5.74. The lowest BCUT2D eigenvalue weighted by atomic mass is 9.94. The summed E-state index contributed by atoms with van der Waals surface area (Å²) >= 11 is 6.24. The summed E-state index contributed by atoms with van der Waals surface area (Å²) in [5.74, 6) is -0.492. The van der Waals surface area contributed by atoms with Gasteiger partial charge in [0.2, 0.25) is 0 Å². The van der Waals surface area contributed by atoms with E-state index in [-0.39, 0.29) is 22.7 Å². The normalized spacial score (nSPS) is 17.0. The van der Waals surface area contributed by atoms with E-state index in [1.54, 1.807) is 55.6 Å². The summed E-state index contributed by atoms with van der Waals surface area (Å²) in [5.41, 5.74) is 1.56. The SMILES string of the molecule is COc1ccc(NC(=O)c2cccc(NC3=C(Cl)C(=O)N(C4CCCCC4)C3=O)c2)cc1. The van der Waals surface area contributed by atoms with Crippen molar-refractivity contribution in [3.05, 3.63) is 64.8 Å². The first kappa shape index (κ1) is 21.9. The first-order valence-corrected chi connectivity index (χ1v) is 11.0. The number of amides is 3. The smallest absolute Gasteiger partial charge is 0.279 e. The Morgan fingerprint density at radius 2 is 1.72 bits per heavy atom. The van der Waals surface area contributed by atoms with E-state index in [0.29, 0.717) is 22.7 Å². The lowest BCUT2D eigenvalue weighted by Crippen LogP contribution is -2.42. The van der Waals surface area contributed by atoms with E-state index in [0.717, 1.165) is 32.1 Å². The van der Waals surface area contributed by atoms with Crippen LogP contribution in [0.3, 0.4) is 0 Å². The minimum atomic E-state index is -0.459. The van der Waals surface area contributed by atoms with Crippen LogP contribution in [0.15, 0.2) is 59.3 Å². The minimum Gasteiger partial charge on any atom is -0.497 e. The molecule has 4 rings (SSSR count). The summed E-state index contributed by atoms with van der Waals surface area (Å²) in [6, 6.07) is 13.6. The molecule has 1 fully saturated rings. The molecular formula is C24H24ClN3O4. The van der Waals surface area contributed by atoms with Gasteiger partial charge in [0.1, 0.15) is 16.5 Å². The molecule has 0 aromatic heterocycles. The Labute approximate surface area is 191 Å². The van der Waals surface area contributed by atoms with Crippen molar-refractivity contribution in [2.45, 2.75) is 38.1 Å². The van der Waals surface area contributed by atoms with Crippen LogP contribution in [0.4, 0.5) is 11.4 Å². The number of benzene rings is 2. The molecule has 3 amide bonds. The van der Waals surface area contributed by atoms with Gasteiger partial charge in [0.15, 0.2) is 0 Å². The largest absolute Gasteiger partial charge is 0.497 e. The maximum absolute atomic E-state index is 13.0. The molecule has 7 nitrogen and oxygen atoms in total. The Kier molecular flexibility index (Phi) is 6.46. The van der Waals surface area contributed by atoms with E-state index in [1.807, 2.05) is 0 Å². The fourth-order valence-corrected chi connectivity index (χ4v) is 4.28. The molecule has 1 aliphatic heterocycles. The van der Waals surface area contributed by atoms with Crippen LogP contribution in [0, 0.1) is 0 Å². The third-order valence-corrected chi connectivity index (χ3v) is 6.09. The Balaban J connectivity index is 1.47. The quantitative estimate of drug-likeness (QED) is 0.628. The van der Waals surface area contributed by atoms with Crippen LogP contribution >= 0.6 is 11.6 Å². The van der Waals surface area contributed by atoms with Crippen molar-refractivity contribution in [3.63, 3.8) is 0 Å². The zero-order valence-corrected chi connectivity index (χ0v) is 18.4. The fraction of sp³-hybridized carbons (Fsp3) is 0.292. The molecule has 2 aromatic carbocycles. The summed E-state index contributed by atoms with van der Waals surface area (Å²) in [7, 11) is 1.57. The molecule has 0 unspecified atom stereocenters. The lowest BCUT2D eigenvalue weighted by molar-refractivity contribution is -0.140. The average Bonchev–Trinajstić information content (AvgIpc) is 3.03. The number of carbonyl (C=O) groups excluding carboxylic acids is 3. The molecule has 1 heterocycles. The van der Waals surface area contributed by atoms with E-state index in [9.17, 15) is 14.4 Å². The number of methoxy groups -OCH3 is 1. The predicted octanol–water partition coefficient (Wildman–Crippen LogP) is 4.51. The summed E-state index contributed by atoms with van der Waals surface area (Å²) in [4.78, 5) is 39.5. The molecule has 1 aliphatic carbocycles. The van der Waals surface area contributed by atoms with Gasteiger partial charge in [0.05, 0.1) is 7.11 Å². The Morgan fingerprint density at radius 3 is 2.41 bits per heavy atom. The number of nitrogens with zero attached hydrogens (tertiary/aromatic N) is 1. The molecule has 0 radical (unpaired) electrons. The summed E-state index contributed by atoms with van der Waals surface area (Å²) in [6.45, 7) is 0. The maximum Gasteiger partial charge on any atom is 0.279 e. The molecule has 0 atom stereocenters. The lowest BCUT2D eigenvalue weighted by Gasteiger charge is -2.29. The van der Waals surface area contributed by atoms with E-state index in [4.69, 9.17) is 16.3 Å². The zero-order valence-electron chi connectivity index (χ0n) is 17.7. The molecular weight excluding hydrogens is 430 g/mol. The molecule has 2 aromatic rings. The van der Waals surface area contributed by atoms with E-state index in [2.05, 4.69) is 10.6 Å². The summed E-state index contributed by atoms with van der Waals surface area (Å²) in [6.07, 6.45) is 4.71. The number of rotatable bonds is 6. The molecule has 0 saturated heterocycles. The van der Waals surface area contributed by atoms with Crippen molar-refractivity contribution in [2.24, 2.45) is 0 Å². The molecule has 2 N–H and O–H groups in total. The molecule has 166 valence electrons. The van der Waals surface area contributed by atoms with E-state index < -0.39 is 11.8 Å². The number of ether oxygens (including phenoxy) is 1. The number of imide groups is 1. The van der Waals surface area contributed by atoms with Crippen LogP contribution in [-0.4, -0.2) is 35.8 Å². The third kappa shape index (κ3) is 4.48. The highest BCUT2D eigenvalue weighted by molar-refractivity contribution is 6.48. The van der Waals surface area contributed by atoms with Gasteiger partial charge in [0, 0.05) is 23.0 Å². The van der Waals surface area contributed by atoms with Crippen LogP contribution in [0.1, 0.15) is 42.5 Å². The van der Waals surface area contributed by atoms with Crippen molar-refractivity contribution in [3.8, 4) is 5.75 Å². The highest BCUT2D eigenvalue weighted by atomic mass is 35.5. The fourth-order valence-electron chi connectivity index (χ4n) is 4.06. The van der Waals surface area contributed by atoms with Crippen molar-refractivity contribution in [2.75, 3.05) is 17.7 Å². The Bertz CT molecular complexity index is 1070. The van der Waals surface area contributed by atoms with Crippen LogP contribution in [-0.2, 0) is 9.59 Å². The minimum absolute atomic E-state index is 0.0509. The number of carbonyl (C=O) groups is 3. The molecule has 1 saturated carbocycles. The predicted molar refractivity (Wildman–Crippen MR) is 123 cm³/mol. The van der Waals surface area contributed by atoms with Crippen LogP contribution in [0.2, 0.25) is 0 Å². The van der Waals surface area contributed by atoms with Gasteiger partial charge < -0.3 is 15.4 Å². The average molecular weight is 454 g/mol. The van der Waals surface area contributed by atoms with Gasteiger partial charge in [-0.15, -0.1) is 0 Å². The van der Waals surface area contributed by atoms with E-state index in [1.165, 1.54) is 4.90 Å². The van der Waals surface area contributed by atoms with Crippen molar-refractivity contribution >= 4 is 40.7 Å². The number of hydrogen-bond acceptors (Lipinski definition) is 5. The molecule has 8 heteroatoms. The monoisotopic (exact) mass is 453 g/mol. The van der Waals surface area contributed by atoms with Crippen molar-refractivity contribution in [1.82, 2.24) is 4.90 Å². The first-order chi connectivity index (χ1) is 15.5. The number of anilines is 2. The van der Waals surface area contributed by atoms with Gasteiger partial charge in [-0.2, -0.15) is 0 Å². The number of nitrogens with one attached hydrogen (secondary N) is 2. The van der Waals surface area contributed by atoms with Gasteiger partial charge in [-0.3, -0.25) is 19.3 Å². The van der Waals surface area contributed by atoms with Crippen molar-refractivity contribution < 1.29 is 19.1 Å². The molecule has 32 heavy (non-hydrogen) atoms.